The van der Waals surface area contributed by atoms with E-state index in [1.54, 1.807) is 0 Å². The lowest BCUT2D eigenvalue weighted by atomic mass is 10.0. The Hall–Kier alpha value is -0.120. The molecule has 53 valence electrons. The monoisotopic (exact) mass is 128 g/mol. The molecule has 1 heterocycles. The van der Waals surface area contributed by atoms with E-state index in [-0.39, 0.29) is 0 Å². The van der Waals surface area contributed by atoms with Gasteiger partial charge in [-0.3, -0.25) is 0 Å². The largest absolute Gasteiger partial charge is 0.330 e. The first kappa shape index (κ1) is 6.99. The van der Waals surface area contributed by atoms with Gasteiger partial charge in [-0.05, 0) is 25.3 Å². The van der Waals surface area contributed by atoms with E-state index in [0.717, 1.165) is 32.0 Å². The SMILES string of the molecule is NCCC1CC[N]NC1. The second kappa shape index (κ2) is 3.82. The lowest BCUT2D eigenvalue weighted by molar-refractivity contribution is 0.317. The molecule has 1 aliphatic heterocycles. The zero-order valence-corrected chi connectivity index (χ0v) is 5.64. The molecule has 3 nitrogen and oxygen atoms in total. The third-order valence-electron chi connectivity index (χ3n) is 1.72. The average molecular weight is 128 g/mol. The third-order valence-corrected chi connectivity index (χ3v) is 1.72. The van der Waals surface area contributed by atoms with Crippen molar-refractivity contribution in [2.75, 3.05) is 19.6 Å². The van der Waals surface area contributed by atoms with Crippen molar-refractivity contribution in [3.05, 3.63) is 0 Å². The molecule has 0 bridgehead atoms. The Morgan fingerprint density at radius 1 is 1.67 bits per heavy atom. The van der Waals surface area contributed by atoms with E-state index in [0.29, 0.717) is 0 Å². The van der Waals surface area contributed by atoms with E-state index in [1.807, 2.05) is 0 Å². The molecule has 1 radical (unpaired) electrons. The molecule has 1 rings (SSSR count). The Kier molecular flexibility index (Phi) is 2.97. The van der Waals surface area contributed by atoms with Crippen LogP contribution in [0.4, 0.5) is 0 Å². The molecule has 0 saturated carbocycles. The molecule has 3 N–H and O–H groups in total. The molecule has 0 aliphatic carbocycles. The van der Waals surface area contributed by atoms with Crippen LogP contribution in [0.1, 0.15) is 12.8 Å². The van der Waals surface area contributed by atoms with Gasteiger partial charge in [0.15, 0.2) is 0 Å². The summed E-state index contributed by atoms with van der Waals surface area (Å²) in [5, 5.41) is 0. The second-order valence-electron chi connectivity index (χ2n) is 2.48. The number of nitrogens with one attached hydrogen (secondary N) is 1. The molecule has 0 aromatic rings. The molecule has 0 spiro atoms. The molecule has 0 aromatic carbocycles. The van der Waals surface area contributed by atoms with Crippen molar-refractivity contribution in [1.29, 1.82) is 0 Å². The molecule has 1 unspecified atom stereocenters. The maximum Gasteiger partial charge on any atom is 0.0307 e. The fraction of sp³-hybridized carbons (Fsp3) is 1.00. The highest BCUT2D eigenvalue weighted by molar-refractivity contribution is 4.66. The normalized spacial score (nSPS) is 28.3. The first-order valence-electron chi connectivity index (χ1n) is 3.53. The molecule has 1 aliphatic rings. The Bertz CT molecular complexity index is 65.9. The highest BCUT2D eigenvalue weighted by Gasteiger charge is 2.11. The maximum atomic E-state index is 5.40. The molecule has 1 saturated heterocycles. The molecule has 0 amide bonds. The minimum Gasteiger partial charge on any atom is -0.330 e. The molecule has 1 fully saturated rings. The van der Waals surface area contributed by atoms with E-state index >= 15 is 0 Å². The Balaban J connectivity index is 2.08. The van der Waals surface area contributed by atoms with Crippen LogP contribution in [0.25, 0.3) is 0 Å². The van der Waals surface area contributed by atoms with Crippen molar-refractivity contribution >= 4 is 0 Å². The van der Waals surface area contributed by atoms with Crippen molar-refractivity contribution in [3.8, 4) is 0 Å². The fourth-order valence-electron chi connectivity index (χ4n) is 1.10. The smallest absolute Gasteiger partial charge is 0.0307 e. The van der Waals surface area contributed by atoms with Crippen LogP contribution >= 0.6 is 0 Å². The van der Waals surface area contributed by atoms with Crippen LogP contribution in [-0.4, -0.2) is 19.6 Å². The van der Waals surface area contributed by atoms with E-state index in [2.05, 4.69) is 10.9 Å². The van der Waals surface area contributed by atoms with Crippen LogP contribution in [-0.2, 0) is 0 Å². The summed E-state index contributed by atoms with van der Waals surface area (Å²) in [7, 11) is 0. The first-order chi connectivity index (χ1) is 4.43. The van der Waals surface area contributed by atoms with Gasteiger partial charge >= 0.3 is 0 Å². The van der Waals surface area contributed by atoms with Crippen molar-refractivity contribution in [2.24, 2.45) is 11.7 Å². The van der Waals surface area contributed by atoms with Crippen molar-refractivity contribution in [3.63, 3.8) is 0 Å². The van der Waals surface area contributed by atoms with Gasteiger partial charge in [-0.1, -0.05) is 0 Å². The van der Waals surface area contributed by atoms with Crippen LogP contribution in [0.2, 0.25) is 0 Å². The minimum absolute atomic E-state index is 0.771. The summed E-state index contributed by atoms with van der Waals surface area (Å²) in [4.78, 5) is 0. The van der Waals surface area contributed by atoms with E-state index < -0.39 is 0 Å². The predicted octanol–water partition coefficient (Wildman–Crippen LogP) is -0.536. The van der Waals surface area contributed by atoms with Crippen LogP contribution in [0.3, 0.4) is 0 Å². The van der Waals surface area contributed by atoms with Crippen LogP contribution < -0.4 is 16.6 Å². The summed E-state index contributed by atoms with van der Waals surface area (Å²) in [6.07, 6.45) is 2.35. The molecule has 1 atom stereocenters. The number of nitrogens with zero attached hydrogens (tertiary/aromatic N) is 1. The Morgan fingerprint density at radius 3 is 3.11 bits per heavy atom. The van der Waals surface area contributed by atoms with Gasteiger partial charge in [0.05, 0.1) is 0 Å². The van der Waals surface area contributed by atoms with Gasteiger partial charge in [0, 0.05) is 13.1 Å². The zero-order chi connectivity index (χ0) is 6.53. The van der Waals surface area contributed by atoms with E-state index in [4.69, 9.17) is 5.73 Å². The summed E-state index contributed by atoms with van der Waals surface area (Å²) in [5.74, 6) is 0.771. The van der Waals surface area contributed by atoms with Gasteiger partial charge in [-0.15, -0.1) is 0 Å². The lowest BCUT2D eigenvalue weighted by Gasteiger charge is -2.20. The van der Waals surface area contributed by atoms with Crippen molar-refractivity contribution in [1.82, 2.24) is 10.9 Å². The molecular formula is C6H14N3. The summed E-state index contributed by atoms with van der Waals surface area (Å²) in [6.45, 7) is 2.80. The van der Waals surface area contributed by atoms with Crippen LogP contribution in [0, 0.1) is 5.92 Å². The van der Waals surface area contributed by atoms with Gasteiger partial charge in [0.25, 0.3) is 0 Å². The predicted molar refractivity (Wildman–Crippen MR) is 36.8 cm³/mol. The van der Waals surface area contributed by atoms with E-state index in [1.165, 1.54) is 6.42 Å². The van der Waals surface area contributed by atoms with Crippen molar-refractivity contribution < 1.29 is 0 Å². The topological polar surface area (TPSA) is 52.2 Å². The van der Waals surface area contributed by atoms with Gasteiger partial charge in [-0.2, -0.15) is 5.43 Å². The summed E-state index contributed by atoms with van der Waals surface area (Å²) in [5.41, 5.74) is 12.4. The zero-order valence-electron chi connectivity index (χ0n) is 5.64. The minimum atomic E-state index is 0.771. The first-order valence-corrected chi connectivity index (χ1v) is 3.53. The highest BCUT2D eigenvalue weighted by Crippen LogP contribution is 2.07. The summed E-state index contributed by atoms with van der Waals surface area (Å²) < 4.78 is 0. The average Bonchev–Trinajstić information content (AvgIpc) is 1.91. The fourth-order valence-corrected chi connectivity index (χ4v) is 1.10. The quantitative estimate of drug-likeness (QED) is 0.525. The van der Waals surface area contributed by atoms with Gasteiger partial charge < -0.3 is 5.73 Å². The third kappa shape index (κ3) is 2.30. The molecule has 3 heteroatoms. The Labute approximate surface area is 56.0 Å². The second-order valence-corrected chi connectivity index (χ2v) is 2.48. The maximum absolute atomic E-state index is 5.40. The van der Waals surface area contributed by atoms with Crippen LogP contribution in [0.5, 0.6) is 0 Å². The van der Waals surface area contributed by atoms with E-state index in [9.17, 15) is 0 Å². The summed E-state index contributed by atoms with van der Waals surface area (Å²) in [6, 6.07) is 0. The lowest BCUT2D eigenvalue weighted by Crippen LogP contribution is -2.38. The highest BCUT2D eigenvalue weighted by atomic mass is 15.4. The van der Waals surface area contributed by atoms with Gasteiger partial charge in [0.1, 0.15) is 0 Å². The number of hydrogen-bond donors (Lipinski definition) is 2. The molecule has 0 aromatic heterocycles. The molecular weight excluding hydrogens is 114 g/mol. The summed E-state index contributed by atoms with van der Waals surface area (Å²) >= 11 is 0. The molecule has 9 heavy (non-hydrogen) atoms. The van der Waals surface area contributed by atoms with Crippen LogP contribution in [0.15, 0.2) is 0 Å². The Morgan fingerprint density at radius 2 is 2.56 bits per heavy atom. The number of nitrogens with two attached hydrogens (primary N) is 1. The van der Waals surface area contributed by atoms with Gasteiger partial charge in [0.2, 0.25) is 0 Å². The number of hydrogen-bond acceptors (Lipinski definition) is 2. The van der Waals surface area contributed by atoms with Crippen molar-refractivity contribution in [2.45, 2.75) is 12.8 Å². The number of rotatable bonds is 2. The standard InChI is InChI=1S/C6H14N3/c7-3-1-6-2-4-8-9-5-6/h6,9H,1-5,7H2. The van der Waals surface area contributed by atoms with Gasteiger partial charge in [-0.25, -0.2) is 5.43 Å².